The van der Waals surface area contributed by atoms with Crippen molar-refractivity contribution in [3.8, 4) is 11.5 Å². The van der Waals surface area contributed by atoms with Gasteiger partial charge in [-0.2, -0.15) is 0 Å². The van der Waals surface area contributed by atoms with E-state index in [0.29, 0.717) is 0 Å². The van der Waals surface area contributed by atoms with Crippen LogP contribution in [0.25, 0.3) is 0 Å². The molecule has 0 spiro atoms. The minimum Gasteiger partial charge on any atom is -0.493 e. The van der Waals surface area contributed by atoms with Gasteiger partial charge in [-0.3, -0.25) is 4.98 Å². The van der Waals surface area contributed by atoms with Gasteiger partial charge < -0.3 is 14.8 Å². The Labute approximate surface area is 120 Å². The van der Waals surface area contributed by atoms with Crippen molar-refractivity contribution >= 4 is 0 Å². The van der Waals surface area contributed by atoms with E-state index in [2.05, 4.69) is 10.3 Å². The number of nitrogens with one attached hydrogen (secondary N) is 1. The van der Waals surface area contributed by atoms with Gasteiger partial charge >= 0.3 is 0 Å². The van der Waals surface area contributed by atoms with Crippen LogP contribution in [0.3, 0.4) is 0 Å². The Morgan fingerprint density at radius 2 is 2.15 bits per heavy atom. The van der Waals surface area contributed by atoms with Crippen LogP contribution in [-0.4, -0.2) is 25.7 Å². The highest BCUT2D eigenvalue weighted by molar-refractivity contribution is 5.42. The third kappa shape index (κ3) is 2.62. The zero-order valence-electron chi connectivity index (χ0n) is 12.4. The Kier molecular flexibility index (Phi) is 4.10. The quantitative estimate of drug-likeness (QED) is 0.867. The van der Waals surface area contributed by atoms with Crippen molar-refractivity contribution in [1.82, 2.24) is 10.3 Å². The number of ether oxygens (including phenoxy) is 2. The number of fused-ring (bicyclic) bond motifs is 2. The topological polar surface area (TPSA) is 43.4 Å². The van der Waals surface area contributed by atoms with Gasteiger partial charge in [0.25, 0.3) is 0 Å². The van der Waals surface area contributed by atoms with Crippen LogP contribution in [0.4, 0.5) is 0 Å². The smallest absolute Gasteiger partial charge is 0.183 e. The fourth-order valence-electron chi connectivity index (χ4n) is 3.98. The minimum absolute atomic E-state index is 0.744. The van der Waals surface area contributed by atoms with Gasteiger partial charge in [-0.15, -0.1) is 0 Å². The van der Waals surface area contributed by atoms with Crippen LogP contribution in [0.2, 0.25) is 0 Å². The van der Waals surface area contributed by atoms with Crippen LogP contribution in [0.15, 0.2) is 12.3 Å². The Bertz CT molecular complexity index is 464. The SMILES string of the molecule is COc1ccnc(CNCC2CC3CCC2C3)c1OC. The van der Waals surface area contributed by atoms with Gasteiger partial charge in [-0.05, 0) is 43.6 Å². The molecule has 0 amide bonds. The lowest BCUT2D eigenvalue weighted by Gasteiger charge is -2.22. The van der Waals surface area contributed by atoms with Crippen LogP contribution in [0.1, 0.15) is 31.4 Å². The number of hydrogen-bond donors (Lipinski definition) is 1. The van der Waals surface area contributed by atoms with E-state index in [9.17, 15) is 0 Å². The summed E-state index contributed by atoms with van der Waals surface area (Å²) < 4.78 is 10.7. The summed E-state index contributed by atoms with van der Waals surface area (Å²) in [6.45, 7) is 1.84. The molecule has 3 rings (SSSR count). The number of methoxy groups -OCH3 is 2. The minimum atomic E-state index is 0.744. The van der Waals surface area contributed by atoms with Gasteiger partial charge in [-0.25, -0.2) is 0 Å². The molecule has 2 aliphatic rings. The van der Waals surface area contributed by atoms with E-state index in [1.165, 1.54) is 25.7 Å². The molecule has 3 atom stereocenters. The highest BCUT2D eigenvalue weighted by atomic mass is 16.5. The van der Waals surface area contributed by atoms with Crippen molar-refractivity contribution in [2.75, 3.05) is 20.8 Å². The highest BCUT2D eigenvalue weighted by Gasteiger charge is 2.38. The summed E-state index contributed by atoms with van der Waals surface area (Å²) >= 11 is 0. The molecule has 2 aliphatic carbocycles. The van der Waals surface area contributed by atoms with Crippen molar-refractivity contribution < 1.29 is 9.47 Å². The molecular weight excluding hydrogens is 252 g/mol. The van der Waals surface area contributed by atoms with Crippen molar-refractivity contribution in [3.63, 3.8) is 0 Å². The maximum atomic E-state index is 5.41. The van der Waals surface area contributed by atoms with E-state index in [-0.39, 0.29) is 0 Å². The average Bonchev–Trinajstić information content (AvgIpc) is 3.09. The van der Waals surface area contributed by atoms with Gasteiger partial charge in [0.1, 0.15) is 0 Å². The second kappa shape index (κ2) is 6.00. The van der Waals surface area contributed by atoms with Crippen LogP contribution < -0.4 is 14.8 Å². The Morgan fingerprint density at radius 3 is 2.80 bits per heavy atom. The molecule has 2 bridgehead atoms. The largest absolute Gasteiger partial charge is 0.493 e. The van der Waals surface area contributed by atoms with E-state index in [1.54, 1.807) is 20.4 Å². The fraction of sp³-hybridized carbons (Fsp3) is 0.688. The molecule has 4 nitrogen and oxygen atoms in total. The molecule has 0 aromatic carbocycles. The maximum Gasteiger partial charge on any atom is 0.183 e. The fourth-order valence-corrected chi connectivity index (χ4v) is 3.98. The molecule has 0 radical (unpaired) electrons. The first-order chi connectivity index (χ1) is 9.81. The predicted octanol–water partition coefficient (Wildman–Crippen LogP) is 2.62. The van der Waals surface area contributed by atoms with E-state index in [4.69, 9.17) is 9.47 Å². The molecule has 2 fully saturated rings. The first kappa shape index (κ1) is 13.7. The molecule has 0 saturated heterocycles. The molecule has 4 heteroatoms. The van der Waals surface area contributed by atoms with Gasteiger partial charge in [-0.1, -0.05) is 6.42 Å². The second-order valence-electron chi connectivity index (χ2n) is 6.06. The molecule has 0 aliphatic heterocycles. The summed E-state index contributed by atoms with van der Waals surface area (Å²) in [6, 6.07) is 1.83. The lowest BCUT2D eigenvalue weighted by molar-refractivity contribution is 0.315. The van der Waals surface area contributed by atoms with Gasteiger partial charge in [0.2, 0.25) is 0 Å². The predicted molar refractivity (Wildman–Crippen MR) is 78.0 cm³/mol. The molecule has 110 valence electrons. The van der Waals surface area contributed by atoms with Gasteiger partial charge in [0.05, 0.1) is 19.9 Å². The Balaban J connectivity index is 1.56. The zero-order valence-corrected chi connectivity index (χ0v) is 12.4. The highest BCUT2D eigenvalue weighted by Crippen LogP contribution is 2.47. The third-order valence-electron chi connectivity index (χ3n) is 4.95. The summed E-state index contributed by atoms with van der Waals surface area (Å²) in [4.78, 5) is 4.40. The number of rotatable bonds is 6. The second-order valence-corrected chi connectivity index (χ2v) is 6.06. The van der Waals surface area contributed by atoms with E-state index < -0.39 is 0 Å². The van der Waals surface area contributed by atoms with Crippen molar-refractivity contribution in [3.05, 3.63) is 18.0 Å². The maximum absolute atomic E-state index is 5.41. The molecule has 1 N–H and O–H groups in total. The lowest BCUT2D eigenvalue weighted by atomic mass is 9.89. The number of nitrogens with zero attached hydrogens (tertiary/aromatic N) is 1. The first-order valence-electron chi connectivity index (χ1n) is 7.58. The lowest BCUT2D eigenvalue weighted by Crippen LogP contribution is -2.26. The monoisotopic (exact) mass is 276 g/mol. The molecule has 1 aromatic heterocycles. The number of aromatic nitrogens is 1. The standard InChI is InChI=1S/C16H24N2O2/c1-19-15-5-6-18-14(16(15)20-2)10-17-9-13-8-11-3-4-12(13)7-11/h5-6,11-13,17H,3-4,7-10H2,1-2H3. The Morgan fingerprint density at radius 1 is 1.25 bits per heavy atom. The normalized spacial score (nSPS) is 27.8. The van der Waals surface area contributed by atoms with Crippen molar-refractivity contribution in [2.24, 2.45) is 17.8 Å². The Hall–Kier alpha value is -1.29. The molecular formula is C16H24N2O2. The molecule has 20 heavy (non-hydrogen) atoms. The molecule has 3 unspecified atom stereocenters. The van der Waals surface area contributed by atoms with Crippen LogP contribution in [0.5, 0.6) is 11.5 Å². The molecule has 1 aromatic rings. The summed E-state index contributed by atoms with van der Waals surface area (Å²) in [6.07, 6.45) is 7.56. The summed E-state index contributed by atoms with van der Waals surface area (Å²) in [5.41, 5.74) is 0.926. The van der Waals surface area contributed by atoms with Crippen LogP contribution in [0, 0.1) is 17.8 Å². The van der Waals surface area contributed by atoms with Crippen molar-refractivity contribution in [1.29, 1.82) is 0 Å². The van der Waals surface area contributed by atoms with Crippen LogP contribution in [-0.2, 0) is 6.54 Å². The van der Waals surface area contributed by atoms with E-state index in [0.717, 1.165) is 48.0 Å². The van der Waals surface area contributed by atoms with Crippen molar-refractivity contribution in [2.45, 2.75) is 32.2 Å². The molecule has 1 heterocycles. The summed E-state index contributed by atoms with van der Waals surface area (Å²) in [7, 11) is 3.32. The average molecular weight is 276 g/mol. The third-order valence-corrected chi connectivity index (χ3v) is 4.95. The summed E-state index contributed by atoms with van der Waals surface area (Å²) in [5.74, 6) is 4.34. The van der Waals surface area contributed by atoms with Gasteiger partial charge in [0, 0.05) is 18.8 Å². The first-order valence-corrected chi connectivity index (χ1v) is 7.58. The summed E-state index contributed by atoms with van der Waals surface area (Å²) in [5, 5.41) is 3.56. The van der Waals surface area contributed by atoms with Crippen LogP contribution >= 0.6 is 0 Å². The number of pyridine rings is 1. The van der Waals surface area contributed by atoms with E-state index in [1.807, 2.05) is 6.07 Å². The number of hydrogen-bond acceptors (Lipinski definition) is 4. The van der Waals surface area contributed by atoms with Gasteiger partial charge in [0.15, 0.2) is 11.5 Å². The van der Waals surface area contributed by atoms with E-state index >= 15 is 0 Å². The molecule has 2 saturated carbocycles. The zero-order chi connectivity index (χ0) is 13.9.